The molecule has 0 bridgehead atoms. The van der Waals surface area contributed by atoms with Crippen molar-refractivity contribution in [1.82, 2.24) is 14.6 Å². The zero-order valence-electron chi connectivity index (χ0n) is 11.1. The van der Waals surface area contributed by atoms with E-state index in [0.717, 1.165) is 17.2 Å². The third kappa shape index (κ3) is 2.07. The first-order chi connectivity index (χ1) is 8.74. The summed E-state index contributed by atoms with van der Waals surface area (Å²) in [4.78, 5) is 4.58. The molecule has 3 rings (SSSR count). The Morgan fingerprint density at radius 2 is 2.17 bits per heavy atom. The number of pyridine rings is 1. The van der Waals surface area contributed by atoms with Crippen molar-refractivity contribution in [2.45, 2.75) is 45.6 Å². The van der Waals surface area contributed by atoms with Crippen LogP contribution in [0.2, 0.25) is 0 Å². The summed E-state index contributed by atoms with van der Waals surface area (Å²) in [5.41, 5.74) is 2.11. The van der Waals surface area contributed by atoms with E-state index in [9.17, 15) is 0 Å². The van der Waals surface area contributed by atoms with E-state index >= 15 is 0 Å². The van der Waals surface area contributed by atoms with Crippen molar-refractivity contribution < 1.29 is 0 Å². The average molecular weight is 244 g/mol. The lowest BCUT2D eigenvalue weighted by Crippen LogP contribution is -2.30. The highest BCUT2D eigenvalue weighted by Gasteiger charge is 2.22. The number of nitrogens with one attached hydrogen (secondary N) is 1. The number of hydrogen-bond acceptors (Lipinski definition) is 3. The van der Waals surface area contributed by atoms with Crippen molar-refractivity contribution in [2.24, 2.45) is 5.92 Å². The van der Waals surface area contributed by atoms with Crippen molar-refractivity contribution in [3.05, 3.63) is 23.9 Å². The molecule has 1 saturated carbocycles. The second kappa shape index (κ2) is 4.59. The number of aryl methyl sites for hydroxylation is 1. The number of fused-ring (bicyclic) bond motifs is 1. The Bertz CT molecular complexity index is 546. The lowest BCUT2D eigenvalue weighted by Gasteiger charge is -2.28. The van der Waals surface area contributed by atoms with E-state index in [4.69, 9.17) is 0 Å². The third-order valence-corrected chi connectivity index (χ3v) is 3.98. The molecule has 0 spiro atoms. The maximum absolute atomic E-state index is 4.58. The number of nitrogens with zero attached hydrogens (tertiary/aromatic N) is 3. The molecule has 4 heteroatoms. The van der Waals surface area contributed by atoms with E-state index in [2.05, 4.69) is 35.3 Å². The average Bonchev–Trinajstić information content (AvgIpc) is 2.76. The highest BCUT2D eigenvalue weighted by Crippen LogP contribution is 2.26. The topological polar surface area (TPSA) is 42.2 Å². The lowest BCUT2D eigenvalue weighted by molar-refractivity contribution is 0.348. The van der Waals surface area contributed by atoms with Crippen LogP contribution in [0.5, 0.6) is 0 Å². The van der Waals surface area contributed by atoms with Gasteiger partial charge in [0.25, 0.3) is 0 Å². The van der Waals surface area contributed by atoms with Crippen LogP contribution in [0.4, 0.5) is 5.95 Å². The summed E-state index contributed by atoms with van der Waals surface area (Å²) in [7, 11) is 0. The summed E-state index contributed by atoms with van der Waals surface area (Å²) in [6, 6.07) is 4.59. The van der Waals surface area contributed by atoms with Gasteiger partial charge in [0.05, 0.1) is 0 Å². The number of hydrogen-bond donors (Lipinski definition) is 1. The van der Waals surface area contributed by atoms with Crippen LogP contribution < -0.4 is 5.32 Å². The molecule has 2 aromatic heterocycles. The highest BCUT2D eigenvalue weighted by atomic mass is 15.3. The molecule has 0 aliphatic heterocycles. The molecule has 18 heavy (non-hydrogen) atoms. The number of anilines is 1. The third-order valence-electron chi connectivity index (χ3n) is 3.98. The highest BCUT2D eigenvalue weighted by molar-refractivity contribution is 5.50. The minimum absolute atomic E-state index is 0.525. The van der Waals surface area contributed by atoms with Gasteiger partial charge in [-0.2, -0.15) is 4.98 Å². The fourth-order valence-electron chi connectivity index (χ4n) is 2.80. The summed E-state index contributed by atoms with van der Waals surface area (Å²) in [6.07, 6.45) is 7.16. The molecule has 2 heterocycles. The maximum atomic E-state index is 4.58. The van der Waals surface area contributed by atoms with E-state index in [-0.39, 0.29) is 0 Å². The molecule has 4 nitrogen and oxygen atoms in total. The van der Waals surface area contributed by atoms with Gasteiger partial charge in [-0.25, -0.2) is 4.52 Å². The van der Waals surface area contributed by atoms with Gasteiger partial charge in [0.2, 0.25) is 5.95 Å². The van der Waals surface area contributed by atoms with Gasteiger partial charge in [0.1, 0.15) is 0 Å². The molecule has 0 saturated heterocycles. The van der Waals surface area contributed by atoms with Crippen molar-refractivity contribution in [3.63, 3.8) is 0 Å². The molecular weight excluding hydrogens is 224 g/mol. The van der Waals surface area contributed by atoms with E-state index in [0.29, 0.717) is 12.0 Å². The van der Waals surface area contributed by atoms with Gasteiger partial charge in [0.15, 0.2) is 5.65 Å². The largest absolute Gasteiger partial charge is 0.350 e. The van der Waals surface area contributed by atoms with Crippen molar-refractivity contribution in [3.8, 4) is 0 Å². The maximum Gasteiger partial charge on any atom is 0.243 e. The number of aromatic nitrogens is 3. The van der Waals surface area contributed by atoms with E-state index in [1.807, 2.05) is 16.8 Å². The monoisotopic (exact) mass is 244 g/mol. The molecule has 1 fully saturated rings. The molecule has 1 aliphatic carbocycles. The fraction of sp³-hybridized carbons (Fsp3) is 0.571. The van der Waals surface area contributed by atoms with Crippen LogP contribution in [0.1, 0.15) is 38.2 Å². The zero-order valence-corrected chi connectivity index (χ0v) is 11.1. The van der Waals surface area contributed by atoms with Gasteiger partial charge in [-0.1, -0.05) is 25.8 Å². The molecule has 96 valence electrons. The zero-order chi connectivity index (χ0) is 12.5. The van der Waals surface area contributed by atoms with E-state index in [1.165, 1.54) is 25.7 Å². The van der Waals surface area contributed by atoms with Crippen molar-refractivity contribution >= 4 is 11.6 Å². The second-order valence-corrected chi connectivity index (χ2v) is 5.41. The smallest absolute Gasteiger partial charge is 0.243 e. The Morgan fingerprint density at radius 3 is 2.94 bits per heavy atom. The van der Waals surface area contributed by atoms with Gasteiger partial charge < -0.3 is 5.32 Å². The Labute approximate surface area is 107 Å². The first-order valence-electron chi connectivity index (χ1n) is 6.82. The van der Waals surface area contributed by atoms with Crippen LogP contribution in [-0.2, 0) is 0 Å². The van der Waals surface area contributed by atoms with Crippen LogP contribution in [0, 0.1) is 12.8 Å². The second-order valence-electron chi connectivity index (χ2n) is 5.41. The van der Waals surface area contributed by atoms with Gasteiger partial charge >= 0.3 is 0 Å². The summed E-state index contributed by atoms with van der Waals surface area (Å²) in [5.74, 6) is 1.48. The predicted molar refractivity (Wildman–Crippen MR) is 72.8 cm³/mol. The van der Waals surface area contributed by atoms with Crippen LogP contribution in [0.25, 0.3) is 5.65 Å². The van der Waals surface area contributed by atoms with Crippen LogP contribution in [-0.4, -0.2) is 20.6 Å². The summed E-state index contributed by atoms with van der Waals surface area (Å²) in [6.45, 7) is 4.38. The quantitative estimate of drug-likeness (QED) is 0.883. The Kier molecular flexibility index (Phi) is 2.94. The van der Waals surface area contributed by atoms with Crippen molar-refractivity contribution in [1.29, 1.82) is 0 Å². The van der Waals surface area contributed by atoms with Gasteiger partial charge in [-0.3, -0.25) is 0 Å². The summed E-state index contributed by atoms with van der Waals surface area (Å²) in [5, 5.41) is 8.00. The molecule has 0 amide bonds. The minimum Gasteiger partial charge on any atom is -0.350 e. The molecule has 0 radical (unpaired) electrons. The van der Waals surface area contributed by atoms with Crippen LogP contribution in [0.3, 0.4) is 0 Å². The first-order valence-corrected chi connectivity index (χ1v) is 6.82. The molecule has 2 aromatic rings. The lowest BCUT2D eigenvalue weighted by atomic mass is 9.86. The van der Waals surface area contributed by atoms with Gasteiger partial charge in [-0.05, 0) is 37.3 Å². The molecule has 2 atom stereocenters. The van der Waals surface area contributed by atoms with Crippen molar-refractivity contribution in [2.75, 3.05) is 5.32 Å². The van der Waals surface area contributed by atoms with Gasteiger partial charge in [-0.15, -0.1) is 5.10 Å². The fourth-order valence-corrected chi connectivity index (χ4v) is 2.80. The Balaban J connectivity index is 1.84. The van der Waals surface area contributed by atoms with E-state index < -0.39 is 0 Å². The molecule has 2 unspecified atom stereocenters. The summed E-state index contributed by atoms with van der Waals surface area (Å²) < 4.78 is 1.85. The molecule has 1 aliphatic rings. The van der Waals surface area contributed by atoms with Crippen LogP contribution >= 0.6 is 0 Å². The molecule has 1 N–H and O–H groups in total. The van der Waals surface area contributed by atoms with E-state index in [1.54, 1.807) is 0 Å². The SMILES string of the molecule is Cc1cccn2nc(NC3CCCCC3C)nc12. The van der Waals surface area contributed by atoms with Gasteiger partial charge in [0, 0.05) is 12.2 Å². The number of rotatable bonds is 2. The standard InChI is InChI=1S/C14H20N4/c1-10-6-3-4-8-12(10)15-14-16-13-11(2)7-5-9-18(13)17-14/h5,7,9-10,12H,3-4,6,8H2,1-2H3,(H,15,17). The minimum atomic E-state index is 0.525. The first kappa shape index (κ1) is 11.5. The van der Waals surface area contributed by atoms with Crippen LogP contribution in [0.15, 0.2) is 18.3 Å². The Hall–Kier alpha value is -1.58. The predicted octanol–water partition coefficient (Wildman–Crippen LogP) is 3.03. The molecule has 0 aromatic carbocycles. The summed E-state index contributed by atoms with van der Waals surface area (Å²) >= 11 is 0. The molecular formula is C14H20N4. The normalized spacial score (nSPS) is 24.3. The Morgan fingerprint density at radius 1 is 1.33 bits per heavy atom.